The highest BCUT2D eigenvalue weighted by Crippen LogP contribution is 2.40. The average molecular weight is 361 g/mol. The van der Waals surface area contributed by atoms with Gasteiger partial charge in [0.15, 0.2) is 0 Å². The van der Waals surface area contributed by atoms with E-state index in [1.165, 1.54) is 17.7 Å². The van der Waals surface area contributed by atoms with E-state index in [1.807, 2.05) is 0 Å². The molecule has 0 nitrogen and oxygen atoms in total. The second-order valence-corrected chi connectivity index (χ2v) is 7.35. The van der Waals surface area contributed by atoms with Crippen molar-refractivity contribution in [3.63, 3.8) is 0 Å². The maximum absolute atomic E-state index is 5.99. The van der Waals surface area contributed by atoms with Gasteiger partial charge in [-0.1, -0.05) is 41.4 Å². The molecule has 0 amide bonds. The van der Waals surface area contributed by atoms with E-state index >= 15 is 0 Å². The molecule has 0 aromatic carbocycles. The first-order valence-electron chi connectivity index (χ1n) is 4.59. The van der Waals surface area contributed by atoms with Gasteiger partial charge in [0, 0.05) is 14.2 Å². The molecule has 0 bridgehead atoms. The van der Waals surface area contributed by atoms with Crippen molar-refractivity contribution in [2.75, 3.05) is 0 Å². The smallest absolute Gasteiger partial charge is 0.107 e. The molecule has 1 unspecified atom stereocenters. The minimum absolute atomic E-state index is 0.443. The van der Waals surface area contributed by atoms with Gasteiger partial charge in [0.1, 0.15) is 4.34 Å². The maximum Gasteiger partial charge on any atom is 0.107 e. The van der Waals surface area contributed by atoms with Crippen LogP contribution in [0, 0.1) is 5.92 Å². The van der Waals surface area contributed by atoms with E-state index in [0.717, 1.165) is 14.7 Å². The van der Waals surface area contributed by atoms with Crippen LogP contribution in [-0.2, 0) is 0 Å². The van der Waals surface area contributed by atoms with E-state index < -0.39 is 0 Å². The summed E-state index contributed by atoms with van der Waals surface area (Å²) >= 11 is 14.7. The Morgan fingerprint density at radius 3 is 2.50 bits per heavy atom. The Morgan fingerprint density at radius 1 is 1.43 bits per heavy atom. The monoisotopic (exact) mass is 358 g/mol. The first-order chi connectivity index (χ1) is 6.50. The lowest BCUT2D eigenvalue weighted by Gasteiger charge is -2.08. The van der Waals surface area contributed by atoms with Crippen molar-refractivity contribution in [1.82, 2.24) is 0 Å². The van der Waals surface area contributed by atoms with Gasteiger partial charge in [-0.3, -0.25) is 0 Å². The van der Waals surface area contributed by atoms with Crippen LogP contribution in [0.25, 0.3) is 0 Å². The zero-order valence-electron chi connectivity index (χ0n) is 8.19. The van der Waals surface area contributed by atoms with Crippen LogP contribution in [0.2, 0.25) is 4.34 Å². The zero-order chi connectivity index (χ0) is 10.7. The van der Waals surface area contributed by atoms with Crippen molar-refractivity contribution in [2.24, 2.45) is 5.92 Å². The van der Waals surface area contributed by atoms with Crippen molar-refractivity contribution < 1.29 is 0 Å². The fourth-order valence-corrected chi connectivity index (χ4v) is 3.57. The topological polar surface area (TPSA) is 0 Å². The van der Waals surface area contributed by atoms with Gasteiger partial charge in [0.25, 0.3) is 0 Å². The lowest BCUT2D eigenvalue weighted by atomic mass is 10.1. The van der Waals surface area contributed by atoms with Crippen LogP contribution < -0.4 is 0 Å². The summed E-state index contributed by atoms with van der Waals surface area (Å²) in [5.41, 5.74) is 0. The summed E-state index contributed by atoms with van der Waals surface area (Å²) in [5, 5.41) is 0. The molecule has 0 aliphatic carbocycles. The molecular formula is C10H13Br2ClS. The number of alkyl halides is 1. The minimum atomic E-state index is 0.443. The van der Waals surface area contributed by atoms with E-state index in [2.05, 4.69) is 51.8 Å². The van der Waals surface area contributed by atoms with Gasteiger partial charge < -0.3 is 0 Å². The van der Waals surface area contributed by atoms with Crippen LogP contribution in [-0.4, -0.2) is 0 Å². The molecule has 0 radical (unpaired) electrons. The van der Waals surface area contributed by atoms with Crippen molar-refractivity contribution >= 4 is 54.8 Å². The summed E-state index contributed by atoms with van der Waals surface area (Å²) in [5.74, 6) is 0.758. The van der Waals surface area contributed by atoms with Gasteiger partial charge in [-0.15, -0.1) is 11.3 Å². The molecule has 0 saturated heterocycles. The van der Waals surface area contributed by atoms with Gasteiger partial charge in [-0.05, 0) is 40.8 Å². The van der Waals surface area contributed by atoms with Crippen molar-refractivity contribution in [3.05, 3.63) is 19.8 Å². The normalized spacial score (nSPS) is 13.6. The lowest BCUT2D eigenvalue weighted by molar-refractivity contribution is 0.556. The van der Waals surface area contributed by atoms with Gasteiger partial charge in [0.2, 0.25) is 0 Å². The van der Waals surface area contributed by atoms with Gasteiger partial charge in [0.05, 0.1) is 0 Å². The first-order valence-corrected chi connectivity index (χ1v) is 7.49. The van der Waals surface area contributed by atoms with Crippen molar-refractivity contribution in [3.8, 4) is 0 Å². The number of halogens is 3. The minimum Gasteiger partial charge on any atom is -0.126 e. The highest BCUT2D eigenvalue weighted by molar-refractivity contribution is 9.10. The number of thiophene rings is 1. The summed E-state index contributed by atoms with van der Waals surface area (Å²) in [4.78, 5) is 1.75. The SMILES string of the molecule is CC(C)CCC(Br)c1cc(Br)c(Cl)s1. The van der Waals surface area contributed by atoms with E-state index in [0.29, 0.717) is 4.83 Å². The molecule has 1 heterocycles. The molecule has 0 spiro atoms. The molecule has 80 valence electrons. The Morgan fingerprint density at radius 2 is 2.07 bits per heavy atom. The molecule has 1 rings (SSSR count). The molecule has 0 aliphatic heterocycles. The van der Waals surface area contributed by atoms with Crippen LogP contribution in [0.15, 0.2) is 10.5 Å². The van der Waals surface area contributed by atoms with Gasteiger partial charge in [-0.25, -0.2) is 0 Å². The molecule has 1 aromatic heterocycles. The van der Waals surface area contributed by atoms with E-state index in [-0.39, 0.29) is 0 Å². The molecule has 0 saturated carbocycles. The summed E-state index contributed by atoms with van der Waals surface area (Å²) in [6, 6.07) is 2.10. The second-order valence-electron chi connectivity index (χ2n) is 3.71. The first kappa shape index (κ1) is 13.0. The summed E-state index contributed by atoms with van der Waals surface area (Å²) in [7, 11) is 0. The third-order valence-electron chi connectivity index (χ3n) is 1.97. The number of hydrogen-bond acceptors (Lipinski definition) is 1. The summed E-state index contributed by atoms with van der Waals surface area (Å²) in [6.07, 6.45) is 2.41. The Hall–Kier alpha value is 0.950. The Kier molecular flexibility index (Phi) is 5.47. The molecule has 0 N–H and O–H groups in total. The van der Waals surface area contributed by atoms with Crippen molar-refractivity contribution in [2.45, 2.75) is 31.5 Å². The van der Waals surface area contributed by atoms with Crippen LogP contribution in [0.4, 0.5) is 0 Å². The second kappa shape index (κ2) is 5.88. The molecular weight excluding hydrogens is 347 g/mol. The third kappa shape index (κ3) is 3.84. The average Bonchev–Trinajstić information content (AvgIpc) is 2.43. The quantitative estimate of drug-likeness (QED) is 0.575. The third-order valence-corrected chi connectivity index (χ3v) is 5.81. The van der Waals surface area contributed by atoms with Gasteiger partial charge >= 0.3 is 0 Å². The fourth-order valence-electron chi connectivity index (χ4n) is 1.14. The van der Waals surface area contributed by atoms with Crippen LogP contribution >= 0.6 is 54.8 Å². The van der Waals surface area contributed by atoms with E-state index in [9.17, 15) is 0 Å². The summed E-state index contributed by atoms with van der Waals surface area (Å²) in [6.45, 7) is 4.49. The van der Waals surface area contributed by atoms with Crippen molar-refractivity contribution in [1.29, 1.82) is 0 Å². The fraction of sp³-hybridized carbons (Fsp3) is 0.600. The highest BCUT2D eigenvalue weighted by atomic mass is 79.9. The molecule has 4 heteroatoms. The molecule has 0 fully saturated rings. The van der Waals surface area contributed by atoms with Crippen LogP contribution in [0.5, 0.6) is 0 Å². The van der Waals surface area contributed by atoms with Crippen LogP contribution in [0.1, 0.15) is 36.4 Å². The maximum atomic E-state index is 5.99. The zero-order valence-corrected chi connectivity index (χ0v) is 12.9. The summed E-state index contributed by atoms with van der Waals surface area (Å²) < 4.78 is 1.85. The Bertz CT molecular complexity index is 277. The molecule has 1 atom stereocenters. The number of rotatable bonds is 4. The lowest BCUT2D eigenvalue weighted by Crippen LogP contribution is -1.91. The molecule has 0 aliphatic rings. The van der Waals surface area contributed by atoms with E-state index in [4.69, 9.17) is 11.6 Å². The largest absolute Gasteiger partial charge is 0.126 e. The highest BCUT2D eigenvalue weighted by Gasteiger charge is 2.13. The number of hydrogen-bond donors (Lipinski definition) is 0. The molecule has 1 aromatic rings. The van der Waals surface area contributed by atoms with E-state index in [1.54, 1.807) is 11.3 Å². The standard InChI is InChI=1S/C10H13Br2ClS/c1-6(2)3-4-7(11)9-5-8(12)10(13)14-9/h5-7H,3-4H2,1-2H3. The Labute approximate surface area is 111 Å². The van der Waals surface area contributed by atoms with Gasteiger partial charge in [-0.2, -0.15) is 0 Å². The molecule has 14 heavy (non-hydrogen) atoms. The predicted molar refractivity (Wildman–Crippen MR) is 72.8 cm³/mol. The predicted octanol–water partition coefficient (Wildman–Crippen LogP) is 6.04. The Balaban J connectivity index is 2.56. The van der Waals surface area contributed by atoms with Crippen LogP contribution in [0.3, 0.4) is 0 Å².